The second-order valence-electron chi connectivity index (χ2n) is 2.47. The van der Waals surface area contributed by atoms with E-state index in [0.717, 1.165) is 0 Å². The Morgan fingerprint density at radius 2 is 2.57 bits per heavy atom. The van der Waals surface area contributed by atoms with Crippen molar-refractivity contribution in [3.8, 4) is 0 Å². The molecule has 0 aliphatic rings. The van der Waals surface area contributed by atoms with E-state index in [1.165, 1.54) is 6.33 Å². The van der Waals surface area contributed by atoms with Crippen LogP contribution >= 0.6 is 0 Å². The van der Waals surface area contributed by atoms with Crippen molar-refractivity contribution < 1.29 is 14.6 Å². The number of nitrogens with one attached hydrogen (secondary N) is 2. The van der Waals surface area contributed by atoms with Gasteiger partial charge < -0.3 is 15.2 Å². The molecule has 0 aliphatic carbocycles. The van der Waals surface area contributed by atoms with E-state index in [1.807, 2.05) is 0 Å². The molecule has 3 N–H and O–H groups in total. The van der Waals surface area contributed by atoms with Crippen molar-refractivity contribution in [3.63, 3.8) is 0 Å². The maximum absolute atomic E-state index is 10.8. The number of rotatable bonds is 5. The Morgan fingerprint density at radius 1 is 1.71 bits per heavy atom. The van der Waals surface area contributed by atoms with Crippen LogP contribution in [-0.4, -0.2) is 46.1 Å². The zero-order valence-electron chi connectivity index (χ0n) is 7.56. The van der Waals surface area contributed by atoms with Gasteiger partial charge in [-0.3, -0.25) is 5.10 Å². The van der Waals surface area contributed by atoms with E-state index < -0.39 is 6.09 Å². The number of aromatic amines is 1. The second-order valence-corrected chi connectivity index (χ2v) is 2.47. The number of hydrogen-bond donors (Lipinski definition) is 3. The summed E-state index contributed by atoms with van der Waals surface area (Å²) in [5.74, 6) is 0.701. The number of ether oxygens (including phenoxy) is 1. The van der Waals surface area contributed by atoms with Gasteiger partial charge in [-0.25, -0.2) is 9.78 Å². The number of amides is 1. The molecule has 14 heavy (non-hydrogen) atoms. The molecule has 1 aromatic rings. The molecule has 0 unspecified atom stereocenters. The molecule has 0 spiro atoms. The summed E-state index contributed by atoms with van der Waals surface area (Å²) in [5.41, 5.74) is 0. The first-order valence-corrected chi connectivity index (χ1v) is 4.18. The first-order chi connectivity index (χ1) is 6.83. The fourth-order valence-corrected chi connectivity index (χ4v) is 0.824. The largest absolute Gasteiger partial charge is 0.447 e. The number of alkyl carbamates (subject to hydrolysis) is 1. The topological polar surface area (TPSA) is 100 Å². The highest BCUT2D eigenvalue weighted by atomic mass is 16.6. The molecular formula is C7H12N4O3. The average Bonchev–Trinajstić information content (AvgIpc) is 2.67. The van der Waals surface area contributed by atoms with Crippen molar-refractivity contribution in [2.24, 2.45) is 0 Å². The minimum absolute atomic E-state index is 0.00808. The normalized spacial score (nSPS) is 9.79. The van der Waals surface area contributed by atoms with E-state index >= 15 is 0 Å². The summed E-state index contributed by atoms with van der Waals surface area (Å²) in [6.45, 7) is 0.253. The zero-order valence-corrected chi connectivity index (χ0v) is 7.56. The van der Waals surface area contributed by atoms with E-state index in [1.54, 1.807) is 0 Å². The summed E-state index contributed by atoms with van der Waals surface area (Å²) in [6.07, 6.45) is 1.42. The molecule has 1 aromatic heterocycles. The minimum atomic E-state index is -0.543. The first kappa shape index (κ1) is 10.5. The van der Waals surface area contributed by atoms with Gasteiger partial charge in [0.1, 0.15) is 18.8 Å². The third kappa shape index (κ3) is 3.85. The number of nitrogens with zero attached hydrogens (tertiary/aromatic N) is 2. The van der Waals surface area contributed by atoms with Gasteiger partial charge in [0.25, 0.3) is 0 Å². The van der Waals surface area contributed by atoms with Crippen molar-refractivity contribution in [3.05, 3.63) is 12.2 Å². The molecule has 1 heterocycles. The molecule has 0 aliphatic heterocycles. The molecule has 1 amide bonds. The van der Waals surface area contributed by atoms with Gasteiger partial charge in [-0.05, 0) is 0 Å². The van der Waals surface area contributed by atoms with Crippen LogP contribution < -0.4 is 5.32 Å². The fourth-order valence-electron chi connectivity index (χ4n) is 0.824. The summed E-state index contributed by atoms with van der Waals surface area (Å²) in [4.78, 5) is 14.7. The van der Waals surface area contributed by atoms with Gasteiger partial charge in [0.15, 0.2) is 0 Å². The van der Waals surface area contributed by atoms with Crippen molar-refractivity contribution in [2.75, 3.05) is 19.8 Å². The van der Waals surface area contributed by atoms with E-state index in [2.05, 4.69) is 25.2 Å². The molecule has 0 aromatic carbocycles. The lowest BCUT2D eigenvalue weighted by atomic mass is 10.4. The molecule has 0 saturated carbocycles. The lowest BCUT2D eigenvalue weighted by Crippen LogP contribution is -2.27. The van der Waals surface area contributed by atoms with Crippen LogP contribution in [0.4, 0.5) is 4.79 Å². The molecular weight excluding hydrogens is 188 g/mol. The number of aliphatic hydroxyl groups is 1. The number of H-pyrrole nitrogens is 1. The zero-order chi connectivity index (χ0) is 10.2. The fraction of sp³-hybridized carbons (Fsp3) is 0.571. The highest BCUT2D eigenvalue weighted by molar-refractivity contribution is 5.67. The van der Waals surface area contributed by atoms with Crippen molar-refractivity contribution in [1.29, 1.82) is 0 Å². The van der Waals surface area contributed by atoms with Crippen LogP contribution in [0.3, 0.4) is 0 Å². The van der Waals surface area contributed by atoms with E-state index in [4.69, 9.17) is 5.11 Å². The standard InChI is InChI=1S/C7H12N4O3/c12-3-4-14-7(13)8-2-1-6-9-5-10-11-6/h5,12H,1-4H2,(H,8,13)(H,9,10,11). The third-order valence-corrected chi connectivity index (χ3v) is 1.42. The summed E-state index contributed by atoms with van der Waals surface area (Å²) in [6, 6.07) is 0. The predicted octanol–water partition coefficient (Wildman–Crippen LogP) is -0.934. The van der Waals surface area contributed by atoms with Crippen LogP contribution in [0.25, 0.3) is 0 Å². The molecule has 0 radical (unpaired) electrons. The van der Waals surface area contributed by atoms with Crippen LogP contribution in [0.5, 0.6) is 0 Å². The lowest BCUT2D eigenvalue weighted by molar-refractivity contribution is 0.119. The van der Waals surface area contributed by atoms with Gasteiger partial charge in [-0.15, -0.1) is 0 Å². The van der Waals surface area contributed by atoms with E-state index in [9.17, 15) is 4.79 Å². The molecule has 0 saturated heterocycles. The number of carbonyl (C=O) groups excluding carboxylic acids is 1. The van der Waals surface area contributed by atoms with E-state index in [0.29, 0.717) is 18.8 Å². The maximum atomic E-state index is 10.8. The van der Waals surface area contributed by atoms with Gasteiger partial charge in [-0.1, -0.05) is 0 Å². The third-order valence-electron chi connectivity index (χ3n) is 1.42. The lowest BCUT2D eigenvalue weighted by Gasteiger charge is -2.03. The van der Waals surface area contributed by atoms with Crippen LogP contribution in [0.15, 0.2) is 6.33 Å². The quantitative estimate of drug-likeness (QED) is 0.570. The molecule has 1 rings (SSSR count). The Balaban J connectivity index is 2.06. The van der Waals surface area contributed by atoms with Crippen LogP contribution in [0.1, 0.15) is 5.82 Å². The smallest absolute Gasteiger partial charge is 0.407 e. The number of aliphatic hydroxyl groups excluding tert-OH is 1. The molecule has 7 nitrogen and oxygen atoms in total. The predicted molar refractivity (Wildman–Crippen MR) is 46.5 cm³/mol. The van der Waals surface area contributed by atoms with Gasteiger partial charge in [0, 0.05) is 13.0 Å². The average molecular weight is 200 g/mol. The SMILES string of the molecule is O=C(NCCc1ncn[nH]1)OCCO. The Bertz CT molecular complexity index is 262. The van der Waals surface area contributed by atoms with Crippen molar-refractivity contribution in [2.45, 2.75) is 6.42 Å². The Hall–Kier alpha value is -1.63. The van der Waals surface area contributed by atoms with E-state index in [-0.39, 0.29) is 13.2 Å². The Morgan fingerprint density at radius 3 is 3.21 bits per heavy atom. The summed E-state index contributed by atoms with van der Waals surface area (Å²) < 4.78 is 4.56. The molecule has 7 heteroatoms. The molecule has 0 fully saturated rings. The monoisotopic (exact) mass is 200 g/mol. The van der Waals surface area contributed by atoms with Gasteiger partial charge in [0.2, 0.25) is 0 Å². The maximum Gasteiger partial charge on any atom is 0.407 e. The van der Waals surface area contributed by atoms with Crippen LogP contribution in [0.2, 0.25) is 0 Å². The molecule has 0 atom stereocenters. The van der Waals surface area contributed by atoms with Gasteiger partial charge in [-0.2, -0.15) is 5.10 Å². The highest BCUT2D eigenvalue weighted by Crippen LogP contribution is 1.85. The Kier molecular flexibility index (Phi) is 4.42. The minimum Gasteiger partial charge on any atom is -0.447 e. The first-order valence-electron chi connectivity index (χ1n) is 4.18. The van der Waals surface area contributed by atoms with Crippen molar-refractivity contribution >= 4 is 6.09 Å². The van der Waals surface area contributed by atoms with Gasteiger partial charge in [0.05, 0.1) is 6.61 Å². The summed E-state index contributed by atoms with van der Waals surface area (Å²) >= 11 is 0. The molecule has 78 valence electrons. The highest BCUT2D eigenvalue weighted by Gasteiger charge is 2.01. The van der Waals surface area contributed by atoms with Crippen molar-refractivity contribution in [1.82, 2.24) is 20.5 Å². The summed E-state index contributed by atoms with van der Waals surface area (Å²) in [5, 5.41) is 17.2. The van der Waals surface area contributed by atoms with Gasteiger partial charge >= 0.3 is 6.09 Å². The summed E-state index contributed by atoms with van der Waals surface area (Å²) in [7, 11) is 0. The van der Waals surface area contributed by atoms with Crippen LogP contribution in [0, 0.1) is 0 Å². The number of carbonyl (C=O) groups is 1. The second kappa shape index (κ2) is 5.92. The number of hydrogen-bond acceptors (Lipinski definition) is 5. The van der Waals surface area contributed by atoms with Crippen LogP contribution in [-0.2, 0) is 11.2 Å². The Labute approximate surface area is 80.5 Å². The molecule has 0 bridgehead atoms. The number of aromatic nitrogens is 3.